The molecule has 0 saturated carbocycles. The highest BCUT2D eigenvalue weighted by Crippen LogP contribution is 2.39. The van der Waals surface area contributed by atoms with E-state index in [9.17, 15) is 9.90 Å². The zero-order valence-corrected chi connectivity index (χ0v) is 24.1. The van der Waals surface area contributed by atoms with Gasteiger partial charge in [0.1, 0.15) is 5.75 Å². The lowest BCUT2D eigenvalue weighted by Gasteiger charge is -2.27. The predicted octanol–water partition coefficient (Wildman–Crippen LogP) is 6.48. The van der Waals surface area contributed by atoms with Gasteiger partial charge in [0.15, 0.2) is 11.0 Å². The molecule has 0 aliphatic rings. The monoisotopic (exact) mass is 541 g/mol. The molecule has 1 heterocycles. The van der Waals surface area contributed by atoms with Crippen molar-refractivity contribution in [1.29, 1.82) is 0 Å². The van der Waals surface area contributed by atoms with E-state index in [2.05, 4.69) is 62.3 Å². The highest BCUT2D eigenvalue weighted by molar-refractivity contribution is 7.99. The Bertz CT molecular complexity index is 1430. The van der Waals surface area contributed by atoms with Gasteiger partial charge in [0.05, 0.1) is 12.0 Å². The molecule has 0 atom stereocenters. The van der Waals surface area contributed by atoms with E-state index in [1.165, 1.54) is 11.8 Å². The van der Waals surface area contributed by atoms with Crippen LogP contribution in [0.4, 0.5) is 0 Å². The van der Waals surface area contributed by atoms with Gasteiger partial charge < -0.3 is 5.11 Å². The van der Waals surface area contributed by atoms with Crippen LogP contribution in [0.25, 0.3) is 17.1 Å². The van der Waals surface area contributed by atoms with Crippen LogP contribution < -0.4 is 5.43 Å². The number of benzene rings is 3. The minimum atomic E-state index is -0.258. The largest absolute Gasteiger partial charge is 0.507 e. The van der Waals surface area contributed by atoms with Crippen molar-refractivity contribution in [3.8, 4) is 22.8 Å². The quantitative estimate of drug-likeness (QED) is 0.159. The fourth-order valence-corrected chi connectivity index (χ4v) is 4.91. The Kier molecular flexibility index (Phi) is 8.25. The number of hydrogen-bond acceptors (Lipinski definition) is 6. The first-order chi connectivity index (χ1) is 18.4. The minimum absolute atomic E-state index is 0.118. The number of phenols is 1. The summed E-state index contributed by atoms with van der Waals surface area (Å²) in [7, 11) is 0. The van der Waals surface area contributed by atoms with Gasteiger partial charge in [-0.05, 0) is 40.7 Å². The van der Waals surface area contributed by atoms with Crippen molar-refractivity contribution in [2.75, 3.05) is 5.75 Å². The van der Waals surface area contributed by atoms with E-state index in [1.807, 2.05) is 77.4 Å². The van der Waals surface area contributed by atoms with Crippen molar-refractivity contribution in [2.45, 2.75) is 57.5 Å². The second kappa shape index (κ2) is 11.5. The molecule has 0 spiro atoms. The van der Waals surface area contributed by atoms with E-state index >= 15 is 0 Å². The van der Waals surface area contributed by atoms with Crippen molar-refractivity contribution in [3.63, 3.8) is 0 Å². The molecule has 202 valence electrons. The van der Waals surface area contributed by atoms with Crippen molar-refractivity contribution in [2.24, 2.45) is 5.10 Å². The number of carbonyl (C=O) groups excluding carboxylic acids is 1. The molecule has 0 bridgehead atoms. The topological polar surface area (TPSA) is 92.4 Å². The maximum atomic E-state index is 12.7. The number of phenolic OH excluding ortho intramolecular Hbond substituents is 1. The average Bonchev–Trinajstić information content (AvgIpc) is 3.32. The smallest absolute Gasteiger partial charge is 0.250 e. The Labute approximate surface area is 234 Å². The van der Waals surface area contributed by atoms with Gasteiger partial charge in [-0.3, -0.25) is 9.36 Å². The van der Waals surface area contributed by atoms with E-state index in [0.717, 1.165) is 27.9 Å². The molecule has 0 fully saturated rings. The summed E-state index contributed by atoms with van der Waals surface area (Å²) in [4.78, 5) is 12.7. The molecule has 8 heteroatoms. The van der Waals surface area contributed by atoms with Crippen molar-refractivity contribution in [1.82, 2.24) is 20.2 Å². The number of thioether (sulfide) groups is 1. The Balaban J connectivity index is 1.50. The van der Waals surface area contributed by atoms with E-state index in [4.69, 9.17) is 0 Å². The second-order valence-corrected chi connectivity index (χ2v) is 12.3. The zero-order valence-electron chi connectivity index (χ0n) is 23.3. The lowest BCUT2D eigenvalue weighted by atomic mass is 9.78. The van der Waals surface area contributed by atoms with Crippen LogP contribution in [0.1, 0.15) is 58.2 Å². The van der Waals surface area contributed by atoms with Crippen LogP contribution in [0.3, 0.4) is 0 Å². The average molecular weight is 542 g/mol. The summed E-state index contributed by atoms with van der Waals surface area (Å²) in [5.41, 5.74) is 6.47. The van der Waals surface area contributed by atoms with Crippen LogP contribution in [0.15, 0.2) is 83.1 Å². The SMILES string of the molecule is CC(C)(C)c1cc(/C=N/NC(=O)CSc2nnc(-c3ccccc3)n2-c2ccccc2)cc(C(C)(C)C)c1O. The first kappa shape index (κ1) is 28.1. The zero-order chi connectivity index (χ0) is 28.2. The molecule has 4 aromatic rings. The number of aromatic hydroxyl groups is 1. The van der Waals surface area contributed by atoms with Gasteiger partial charge in [-0.2, -0.15) is 5.10 Å². The lowest BCUT2D eigenvalue weighted by Crippen LogP contribution is -2.20. The van der Waals surface area contributed by atoms with E-state index in [1.54, 1.807) is 6.21 Å². The van der Waals surface area contributed by atoms with Gasteiger partial charge in [-0.1, -0.05) is 102 Å². The minimum Gasteiger partial charge on any atom is -0.507 e. The summed E-state index contributed by atoms with van der Waals surface area (Å²) in [5, 5.41) is 24.5. The Morgan fingerprint density at radius 1 is 0.923 bits per heavy atom. The molecular weight excluding hydrogens is 506 g/mol. The van der Waals surface area contributed by atoms with Crippen molar-refractivity contribution >= 4 is 23.9 Å². The molecule has 2 N–H and O–H groups in total. The van der Waals surface area contributed by atoms with Crippen LogP contribution >= 0.6 is 11.8 Å². The fourth-order valence-electron chi connectivity index (χ4n) is 4.16. The summed E-state index contributed by atoms with van der Waals surface area (Å²) < 4.78 is 1.95. The van der Waals surface area contributed by atoms with Gasteiger partial charge in [0, 0.05) is 22.4 Å². The highest BCUT2D eigenvalue weighted by Gasteiger charge is 2.26. The first-order valence-electron chi connectivity index (χ1n) is 12.8. The normalized spacial score (nSPS) is 12.2. The molecule has 3 aromatic carbocycles. The van der Waals surface area contributed by atoms with Gasteiger partial charge in [-0.25, -0.2) is 5.43 Å². The predicted molar refractivity (Wildman–Crippen MR) is 159 cm³/mol. The van der Waals surface area contributed by atoms with E-state index < -0.39 is 0 Å². The Hall–Kier alpha value is -3.91. The van der Waals surface area contributed by atoms with Gasteiger partial charge >= 0.3 is 0 Å². The molecule has 0 aliphatic heterocycles. The molecule has 1 amide bonds. The maximum Gasteiger partial charge on any atom is 0.250 e. The standard InChI is InChI=1S/C31H35N5O2S/c1-30(2,3)24-17-21(18-25(27(24)38)31(4,5)6)19-32-33-26(37)20-39-29-35-34-28(22-13-9-7-10-14-22)36(29)23-15-11-8-12-16-23/h7-19,38H,20H2,1-6H3,(H,33,37)/b32-19+. The second-order valence-electron chi connectivity index (χ2n) is 11.4. The molecule has 7 nitrogen and oxygen atoms in total. The summed E-state index contributed by atoms with van der Waals surface area (Å²) in [6.45, 7) is 12.4. The van der Waals surface area contributed by atoms with E-state index in [-0.39, 0.29) is 22.5 Å². The number of nitrogens with zero attached hydrogens (tertiary/aromatic N) is 4. The molecule has 4 rings (SSSR count). The highest BCUT2D eigenvalue weighted by atomic mass is 32.2. The number of hydrogen-bond donors (Lipinski definition) is 2. The summed E-state index contributed by atoms with van der Waals surface area (Å²) in [6, 6.07) is 23.5. The molecule has 1 aromatic heterocycles. The summed E-state index contributed by atoms with van der Waals surface area (Å²) in [6.07, 6.45) is 1.62. The number of nitrogens with one attached hydrogen (secondary N) is 1. The molecule has 0 unspecified atom stereocenters. The molecule has 0 saturated heterocycles. The van der Waals surface area contributed by atoms with Crippen molar-refractivity contribution < 1.29 is 9.90 Å². The van der Waals surface area contributed by atoms with Gasteiger partial charge in [0.2, 0.25) is 0 Å². The van der Waals surface area contributed by atoms with Crippen LogP contribution in [-0.4, -0.2) is 37.7 Å². The van der Waals surface area contributed by atoms with Crippen LogP contribution in [0, 0.1) is 0 Å². The number of aromatic nitrogens is 3. The number of amides is 1. The van der Waals surface area contributed by atoms with Crippen LogP contribution in [0.2, 0.25) is 0 Å². The first-order valence-corrected chi connectivity index (χ1v) is 13.8. The number of para-hydroxylation sites is 1. The van der Waals surface area contributed by atoms with Crippen LogP contribution in [-0.2, 0) is 15.6 Å². The van der Waals surface area contributed by atoms with Crippen molar-refractivity contribution in [3.05, 3.63) is 89.5 Å². The van der Waals surface area contributed by atoms with Gasteiger partial charge in [-0.15, -0.1) is 10.2 Å². The summed E-state index contributed by atoms with van der Waals surface area (Å²) in [5.74, 6) is 0.878. The third-order valence-electron chi connectivity index (χ3n) is 6.16. The summed E-state index contributed by atoms with van der Waals surface area (Å²) >= 11 is 1.30. The van der Waals surface area contributed by atoms with Crippen LogP contribution in [0.5, 0.6) is 5.75 Å². The molecule has 0 aliphatic carbocycles. The molecular formula is C31H35N5O2S. The fraction of sp³-hybridized carbons (Fsp3) is 0.290. The van der Waals surface area contributed by atoms with E-state index in [0.29, 0.717) is 16.7 Å². The third kappa shape index (κ3) is 6.75. The molecule has 0 radical (unpaired) electrons. The third-order valence-corrected chi connectivity index (χ3v) is 7.09. The number of carbonyl (C=O) groups is 1. The number of rotatable bonds is 7. The lowest BCUT2D eigenvalue weighted by molar-refractivity contribution is -0.118. The van der Waals surface area contributed by atoms with Gasteiger partial charge in [0.25, 0.3) is 5.91 Å². The number of hydrazone groups is 1. The Morgan fingerprint density at radius 2 is 1.49 bits per heavy atom. The maximum absolute atomic E-state index is 12.7. The Morgan fingerprint density at radius 3 is 2.05 bits per heavy atom. The molecule has 39 heavy (non-hydrogen) atoms.